The van der Waals surface area contributed by atoms with Crippen molar-refractivity contribution in [3.8, 4) is 17.2 Å². The molecule has 4 heteroatoms. The Kier molecular flexibility index (Phi) is 3.77. The van der Waals surface area contributed by atoms with Gasteiger partial charge >= 0.3 is 0 Å². The van der Waals surface area contributed by atoms with Crippen LogP contribution in [-0.2, 0) is 6.42 Å². The maximum atomic E-state index is 12.4. The molecule has 4 nitrogen and oxygen atoms in total. The first kappa shape index (κ1) is 13.5. The molecule has 1 aliphatic heterocycles. The largest absolute Gasteiger partial charge is 0.497 e. The molecular formula is C17H16O4. The van der Waals surface area contributed by atoms with Gasteiger partial charge in [0.25, 0.3) is 0 Å². The first-order valence-electron chi connectivity index (χ1n) is 6.82. The van der Waals surface area contributed by atoms with Gasteiger partial charge in [-0.2, -0.15) is 0 Å². The Hall–Kier alpha value is -2.49. The molecule has 0 spiro atoms. The number of carbonyl (C=O) groups is 1. The molecule has 0 fully saturated rings. The van der Waals surface area contributed by atoms with E-state index in [9.17, 15) is 4.79 Å². The summed E-state index contributed by atoms with van der Waals surface area (Å²) in [5.74, 6) is 2.12. The summed E-state index contributed by atoms with van der Waals surface area (Å²) in [4.78, 5) is 12.4. The van der Waals surface area contributed by atoms with Gasteiger partial charge in [-0.05, 0) is 35.9 Å². The van der Waals surface area contributed by atoms with Crippen LogP contribution in [0, 0.1) is 0 Å². The highest BCUT2D eigenvalue weighted by Crippen LogP contribution is 2.31. The van der Waals surface area contributed by atoms with E-state index < -0.39 is 0 Å². The third-order valence-electron chi connectivity index (χ3n) is 3.36. The van der Waals surface area contributed by atoms with E-state index in [0.29, 0.717) is 36.7 Å². The zero-order chi connectivity index (χ0) is 14.7. The molecule has 0 atom stereocenters. The monoisotopic (exact) mass is 284 g/mol. The molecular weight excluding hydrogens is 268 g/mol. The minimum absolute atomic E-state index is 0.0419. The Morgan fingerprint density at radius 1 is 1.10 bits per heavy atom. The molecule has 1 aliphatic rings. The molecule has 0 amide bonds. The fourth-order valence-electron chi connectivity index (χ4n) is 2.29. The lowest BCUT2D eigenvalue weighted by molar-refractivity contribution is 0.0991. The van der Waals surface area contributed by atoms with Crippen LogP contribution < -0.4 is 14.2 Å². The molecule has 0 aromatic heterocycles. The summed E-state index contributed by atoms with van der Waals surface area (Å²) >= 11 is 0. The zero-order valence-corrected chi connectivity index (χ0v) is 11.8. The molecule has 0 unspecified atom stereocenters. The maximum absolute atomic E-state index is 12.4. The number of fused-ring (bicyclic) bond motifs is 1. The van der Waals surface area contributed by atoms with Crippen molar-refractivity contribution in [1.82, 2.24) is 0 Å². The molecule has 2 aromatic carbocycles. The van der Waals surface area contributed by atoms with Gasteiger partial charge in [0.2, 0.25) is 0 Å². The van der Waals surface area contributed by atoms with E-state index in [0.717, 1.165) is 11.3 Å². The SMILES string of the molecule is COc1cccc(CC(=O)c2ccc3c(c2)OCCO3)c1. The Morgan fingerprint density at radius 3 is 2.71 bits per heavy atom. The second-order valence-electron chi connectivity index (χ2n) is 4.81. The van der Waals surface area contributed by atoms with Crippen LogP contribution in [0.5, 0.6) is 17.2 Å². The number of benzene rings is 2. The van der Waals surface area contributed by atoms with Crippen molar-refractivity contribution in [1.29, 1.82) is 0 Å². The molecule has 3 rings (SSSR count). The predicted molar refractivity (Wildman–Crippen MR) is 78.5 cm³/mol. The number of carbonyl (C=O) groups excluding carboxylic acids is 1. The second kappa shape index (κ2) is 5.87. The molecule has 108 valence electrons. The van der Waals surface area contributed by atoms with E-state index in [4.69, 9.17) is 14.2 Å². The third-order valence-corrected chi connectivity index (χ3v) is 3.36. The molecule has 0 aliphatic carbocycles. The van der Waals surface area contributed by atoms with Crippen LogP contribution in [0.3, 0.4) is 0 Å². The molecule has 2 aromatic rings. The second-order valence-corrected chi connectivity index (χ2v) is 4.81. The van der Waals surface area contributed by atoms with Crippen LogP contribution in [0.4, 0.5) is 0 Å². The number of Topliss-reactive ketones (excluding diaryl/α,β-unsaturated/α-hetero) is 1. The number of hydrogen-bond donors (Lipinski definition) is 0. The molecule has 0 radical (unpaired) electrons. The summed E-state index contributed by atoms with van der Waals surface area (Å²) in [6.07, 6.45) is 0.330. The lowest BCUT2D eigenvalue weighted by Gasteiger charge is -2.18. The van der Waals surface area contributed by atoms with Crippen LogP contribution in [0.1, 0.15) is 15.9 Å². The zero-order valence-electron chi connectivity index (χ0n) is 11.8. The Bertz CT molecular complexity index is 664. The van der Waals surface area contributed by atoms with Crippen molar-refractivity contribution in [2.75, 3.05) is 20.3 Å². The van der Waals surface area contributed by atoms with Crippen molar-refractivity contribution < 1.29 is 19.0 Å². The van der Waals surface area contributed by atoms with E-state index in [2.05, 4.69) is 0 Å². The van der Waals surface area contributed by atoms with Crippen molar-refractivity contribution in [3.05, 3.63) is 53.6 Å². The van der Waals surface area contributed by atoms with Gasteiger partial charge in [0.05, 0.1) is 7.11 Å². The quantitative estimate of drug-likeness (QED) is 0.810. The van der Waals surface area contributed by atoms with Gasteiger partial charge in [-0.15, -0.1) is 0 Å². The van der Waals surface area contributed by atoms with E-state index in [1.54, 1.807) is 25.3 Å². The van der Waals surface area contributed by atoms with Crippen molar-refractivity contribution in [2.24, 2.45) is 0 Å². The van der Waals surface area contributed by atoms with E-state index in [-0.39, 0.29) is 5.78 Å². The highest BCUT2D eigenvalue weighted by Gasteiger charge is 2.15. The lowest BCUT2D eigenvalue weighted by Crippen LogP contribution is -2.16. The maximum Gasteiger partial charge on any atom is 0.167 e. The van der Waals surface area contributed by atoms with Crippen LogP contribution >= 0.6 is 0 Å². The van der Waals surface area contributed by atoms with E-state index in [1.165, 1.54) is 0 Å². The molecule has 0 bridgehead atoms. The Balaban J connectivity index is 1.78. The number of ether oxygens (including phenoxy) is 3. The fourth-order valence-corrected chi connectivity index (χ4v) is 2.29. The van der Waals surface area contributed by atoms with Crippen LogP contribution in [0.2, 0.25) is 0 Å². The summed E-state index contributed by atoms with van der Waals surface area (Å²) < 4.78 is 16.1. The van der Waals surface area contributed by atoms with Crippen LogP contribution in [-0.4, -0.2) is 26.1 Å². The standard InChI is InChI=1S/C17H16O4/c1-19-14-4-2-3-12(9-14)10-15(18)13-5-6-16-17(11-13)21-8-7-20-16/h2-6,9,11H,7-8,10H2,1H3. The normalized spacial score (nSPS) is 12.8. The first-order valence-corrected chi connectivity index (χ1v) is 6.82. The predicted octanol–water partition coefficient (Wildman–Crippen LogP) is 2.89. The minimum atomic E-state index is 0.0419. The van der Waals surface area contributed by atoms with Gasteiger partial charge in [-0.1, -0.05) is 12.1 Å². The number of ketones is 1. The van der Waals surface area contributed by atoms with Crippen molar-refractivity contribution in [2.45, 2.75) is 6.42 Å². The average molecular weight is 284 g/mol. The average Bonchev–Trinajstić information content (AvgIpc) is 2.54. The van der Waals surface area contributed by atoms with Gasteiger partial charge in [-0.25, -0.2) is 0 Å². The highest BCUT2D eigenvalue weighted by atomic mass is 16.6. The Labute approximate surface area is 123 Å². The lowest BCUT2D eigenvalue weighted by atomic mass is 10.0. The summed E-state index contributed by atoms with van der Waals surface area (Å²) in [5, 5.41) is 0. The molecule has 21 heavy (non-hydrogen) atoms. The molecule has 0 N–H and O–H groups in total. The molecule has 0 saturated heterocycles. The topological polar surface area (TPSA) is 44.8 Å². The highest BCUT2D eigenvalue weighted by molar-refractivity contribution is 5.98. The van der Waals surface area contributed by atoms with Crippen molar-refractivity contribution >= 4 is 5.78 Å². The fraction of sp³-hybridized carbons (Fsp3) is 0.235. The number of hydrogen-bond acceptors (Lipinski definition) is 4. The van der Waals surface area contributed by atoms with Gasteiger partial charge in [0.1, 0.15) is 19.0 Å². The number of methoxy groups -OCH3 is 1. The van der Waals surface area contributed by atoms with Gasteiger partial charge in [-0.3, -0.25) is 4.79 Å². The van der Waals surface area contributed by atoms with Crippen LogP contribution in [0.15, 0.2) is 42.5 Å². The van der Waals surface area contributed by atoms with E-state index >= 15 is 0 Å². The smallest absolute Gasteiger partial charge is 0.167 e. The summed E-state index contributed by atoms with van der Waals surface area (Å²) in [5.41, 5.74) is 1.55. The van der Waals surface area contributed by atoms with Gasteiger partial charge < -0.3 is 14.2 Å². The van der Waals surface area contributed by atoms with E-state index in [1.807, 2.05) is 24.3 Å². The first-order chi connectivity index (χ1) is 10.3. The van der Waals surface area contributed by atoms with Gasteiger partial charge in [0, 0.05) is 12.0 Å². The summed E-state index contributed by atoms with van der Waals surface area (Å²) in [6.45, 7) is 1.06. The van der Waals surface area contributed by atoms with Crippen molar-refractivity contribution in [3.63, 3.8) is 0 Å². The summed E-state index contributed by atoms with van der Waals surface area (Å²) in [7, 11) is 1.61. The van der Waals surface area contributed by atoms with Crippen LogP contribution in [0.25, 0.3) is 0 Å². The number of rotatable bonds is 4. The minimum Gasteiger partial charge on any atom is -0.497 e. The van der Waals surface area contributed by atoms with Gasteiger partial charge in [0.15, 0.2) is 17.3 Å². The molecule has 0 saturated carbocycles. The Morgan fingerprint density at radius 2 is 1.90 bits per heavy atom. The molecule has 1 heterocycles. The summed E-state index contributed by atoms with van der Waals surface area (Å²) in [6, 6.07) is 12.8. The third kappa shape index (κ3) is 2.99.